The minimum Gasteiger partial charge on any atom is -0.380 e. The fourth-order valence-electron chi connectivity index (χ4n) is 3.34. The van der Waals surface area contributed by atoms with Crippen molar-refractivity contribution in [3.05, 3.63) is 0 Å². The lowest BCUT2D eigenvalue weighted by molar-refractivity contribution is -0.00543. The molecule has 2 saturated heterocycles. The number of hydrogen-bond acceptors (Lipinski definition) is 3. The van der Waals surface area contributed by atoms with Crippen LogP contribution in [0.2, 0.25) is 0 Å². The standard InChI is InChI=1S/C15H30N2O/c1-13-8-11-17(12-15(13)18-2)10-5-7-14-6-3-4-9-16-14/h13-16H,3-12H2,1-2H3. The molecule has 3 heteroatoms. The first kappa shape index (κ1) is 14.3. The highest BCUT2D eigenvalue weighted by molar-refractivity contribution is 4.79. The zero-order valence-corrected chi connectivity index (χ0v) is 12.2. The third-order valence-corrected chi connectivity index (χ3v) is 4.72. The number of ether oxygens (including phenoxy) is 1. The average molecular weight is 254 g/mol. The molecular formula is C15H30N2O. The number of methoxy groups -OCH3 is 1. The lowest BCUT2D eigenvalue weighted by Gasteiger charge is -2.36. The molecular weight excluding hydrogens is 224 g/mol. The molecule has 2 heterocycles. The molecule has 0 bridgehead atoms. The molecule has 0 aliphatic carbocycles. The summed E-state index contributed by atoms with van der Waals surface area (Å²) in [6.45, 7) is 7.20. The summed E-state index contributed by atoms with van der Waals surface area (Å²) in [6, 6.07) is 0.792. The van der Waals surface area contributed by atoms with Gasteiger partial charge in [0.2, 0.25) is 0 Å². The highest BCUT2D eigenvalue weighted by Crippen LogP contribution is 2.20. The zero-order chi connectivity index (χ0) is 12.8. The van der Waals surface area contributed by atoms with Crippen LogP contribution < -0.4 is 5.32 Å². The summed E-state index contributed by atoms with van der Waals surface area (Å²) in [7, 11) is 1.86. The van der Waals surface area contributed by atoms with E-state index in [0.717, 1.165) is 18.5 Å². The van der Waals surface area contributed by atoms with E-state index in [0.29, 0.717) is 6.10 Å². The van der Waals surface area contributed by atoms with Crippen LogP contribution in [0, 0.1) is 5.92 Å². The van der Waals surface area contributed by atoms with Gasteiger partial charge in [-0.15, -0.1) is 0 Å². The Bertz CT molecular complexity index is 229. The lowest BCUT2D eigenvalue weighted by atomic mass is 9.95. The SMILES string of the molecule is COC1CN(CCCC2CCCCN2)CCC1C. The second kappa shape index (κ2) is 7.46. The Kier molecular flexibility index (Phi) is 5.93. The third kappa shape index (κ3) is 4.22. The highest BCUT2D eigenvalue weighted by Gasteiger charge is 2.25. The minimum atomic E-state index is 0.451. The van der Waals surface area contributed by atoms with Gasteiger partial charge >= 0.3 is 0 Å². The normalized spacial score (nSPS) is 34.7. The number of nitrogens with zero attached hydrogens (tertiary/aromatic N) is 1. The zero-order valence-electron chi connectivity index (χ0n) is 12.2. The van der Waals surface area contributed by atoms with E-state index in [2.05, 4.69) is 17.1 Å². The Labute approximate surface area is 112 Å². The largest absolute Gasteiger partial charge is 0.380 e. The first-order valence-corrected chi connectivity index (χ1v) is 7.78. The lowest BCUT2D eigenvalue weighted by Crippen LogP contribution is -2.44. The monoisotopic (exact) mass is 254 g/mol. The Morgan fingerprint density at radius 2 is 2.17 bits per heavy atom. The van der Waals surface area contributed by atoms with Gasteiger partial charge in [0.25, 0.3) is 0 Å². The van der Waals surface area contributed by atoms with Crippen molar-refractivity contribution in [1.82, 2.24) is 10.2 Å². The van der Waals surface area contributed by atoms with Gasteiger partial charge in [-0.3, -0.25) is 0 Å². The van der Waals surface area contributed by atoms with Crippen molar-refractivity contribution in [2.75, 3.05) is 33.3 Å². The van der Waals surface area contributed by atoms with Gasteiger partial charge in [0.05, 0.1) is 6.10 Å². The second-order valence-corrected chi connectivity index (χ2v) is 6.13. The second-order valence-electron chi connectivity index (χ2n) is 6.13. The summed E-state index contributed by atoms with van der Waals surface area (Å²) >= 11 is 0. The van der Waals surface area contributed by atoms with Gasteiger partial charge in [-0.2, -0.15) is 0 Å². The quantitative estimate of drug-likeness (QED) is 0.814. The molecule has 0 aromatic heterocycles. The van der Waals surface area contributed by atoms with Crippen LogP contribution >= 0.6 is 0 Å². The first-order valence-electron chi connectivity index (χ1n) is 7.78. The van der Waals surface area contributed by atoms with Crippen molar-refractivity contribution in [2.45, 2.75) is 57.6 Å². The molecule has 0 radical (unpaired) electrons. The molecule has 3 atom stereocenters. The van der Waals surface area contributed by atoms with E-state index in [1.54, 1.807) is 0 Å². The van der Waals surface area contributed by atoms with Crippen molar-refractivity contribution in [3.8, 4) is 0 Å². The predicted molar refractivity (Wildman–Crippen MR) is 75.9 cm³/mol. The molecule has 3 nitrogen and oxygen atoms in total. The van der Waals surface area contributed by atoms with E-state index in [1.165, 1.54) is 58.2 Å². The van der Waals surface area contributed by atoms with Crippen LogP contribution in [0.1, 0.15) is 45.4 Å². The molecule has 106 valence electrons. The molecule has 1 N–H and O–H groups in total. The highest BCUT2D eigenvalue weighted by atomic mass is 16.5. The summed E-state index contributed by atoms with van der Waals surface area (Å²) < 4.78 is 5.58. The van der Waals surface area contributed by atoms with Gasteiger partial charge < -0.3 is 15.0 Å². The maximum absolute atomic E-state index is 5.58. The molecule has 2 aliphatic rings. The van der Waals surface area contributed by atoms with E-state index < -0.39 is 0 Å². The molecule has 18 heavy (non-hydrogen) atoms. The Morgan fingerprint density at radius 3 is 2.89 bits per heavy atom. The van der Waals surface area contributed by atoms with Crippen molar-refractivity contribution in [2.24, 2.45) is 5.92 Å². The average Bonchev–Trinajstić information content (AvgIpc) is 2.42. The van der Waals surface area contributed by atoms with Crippen molar-refractivity contribution >= 4 is 0 Å². The van der Waals surface area contributed by atoms with Gasteiger partial charge in [0.1, 0.15) is 0 Å². The van der Waals surface area contributed by atoms with Crippen LogP contribution in [0.4, 0.5) is 0 Å². The molecule has 0 amide bonds. The van der Waals surface area contributed by atoms with E-state index in [4.69, 9.17) is 4.74 Å². The Hall–Kier alpha value is -0.120. The summed E-state index contributed by atoms with van der Waals surface area (Å²) in [5, 5.41) is 3.64. The third-order valence-electron chi connectivity index (χ3n) is 4.72. The smallest absolute Gasteiger partial charge is 0.0724 e. The van der Waals surface area contributed by atoms with Crippen molar-refractivity contribution in [1.29, 1.82) is 0 Å². The molecule has 2 rings (SSSR count). The Morgan fingerprint density at radius 1 is 1.28 bits per heavy atom. The maximum Gasteiger partial charge on any atom is 0.0724 e. The fraction of sp³-hybridized carbons (Fsp3) is 1.00. The molecule has 0 spiro atoms. The number of rotatable bonds is 5. The summed E-state index contributed by atoms with van der Waals surface area (Å²) in [5.74, 6) is 0.728. The maximum atomic E-state index is 5.58. The van der Waals surface area contributed by atoms with Crippen LogP contribution in [0.3, 0.4) is 0 Å². The minimum absolute atomic E-state index is 0.451. The Balaban J connectivity index is 1.61. The summed E-state index contributed by atoms with van der Waals surface area (Å²) in [4.78, 5) is 2.59. The molecule has 3 unspecified atom stereocenters. The summed E-state index contributed by atoms with van der Waals surface area (Å²) in [5.41, 5.74) is 0. The van der Waals surface area contributed by atoms with Crippen LogP contribution in [0.5, 0.6) is 0 Å². The van der Waals surface area contributed by atoms with E-state index in [1.807, 2.05) is 7.11 Å². The topological polar surface area (TPSA) is 24.5 Å². The van der Waals surface area contributed by atoms with Gasteiger partial charge in [-0.25, -0.2) is 0 Å². The van der Waals surface area contributed by atoms with Crippen LogP contribution in [-0.2, 0) is 4.74 Å². The van der Waals surface area contributed by atoms with Gasteiger partial charge in [-0.1, -0.05) is 13.3 Å². The molecule has 0 aromatic rings. The van der Waals surface area contributed by atoms with Gasteiger partial charge in [0, 0.05) is 19.7 Å². The number of nitrogens with one attached hydrogen (secondary N) is 1. The molecule has 2 aliphatic heterocycles. The predicted octanol–water partition coefficient (Wildman–Crippen LogP) is 2.27. The summed E-state index contributed by atoms with van der Waals surface area (Å²) in [6.07, 6.45) is 8.61. The van der Waals surface area contributed by atoms with Crippen LogP contribution in [0.15, 0.2) is 0 Å². The van der Waals surface area contributed by atoms with E-state index in [9.17, 15) is 0 Å². The van der Waals surface area contributed by atoms with Crippen LogP contribution in [0.25, 0.3) is 0 Å². The molecule has 0 aromatic carbocycles. The number of hydrogen-bond donors (Lipinski definition) is 1. The molecule has 2 fully saturated rings. The number of piperidine rings is 2. The van der Waals surface area contributed by atoms with Gasteiger partial charge in [-0.05, 0) is 57.7 Å². The van der Waals surface area contributed by atoms with E-state index >= 15 is 0 Å². The first-order chi connectivity index (χ1) is 8.79. The van der Waals surface area contributed by atoms with Crippen molar-refractivity contribution in [3.63, 3.8) is 0 Å². The van der Waals surface area contributed by atoms with Crippen LogP contribution in [-0.4, -0.2) is 50.3 Å². The fourth-order valence-corrected chi connectivity index (χ4v) is 3.34. The van der Waals surface area contributed by atoms with Crippen molar-refractivity contribution < 1.29 is 4.74 Å². The van der Waals surface area contributed by atoms with E-state index in [-0.39, 0.29) is 0 Å². The van der Waals surface area contributed by atoms with Gasteiger partial charge in [0.15, 0.2) is 0 Å². The number of likely N-dealkylation sites (tertiary alicyclic amines) is 1. The molecule has 0 saturated carbocycles.